The van der Waals surface area contributed by atoms with E-state index in [1.807, 2.05) is 43.1 Å². The van der Waals surface area contributed by atoms with E-state index in [1.54, 1.807) is 17.7 Å². The summed E-state index contributed by atoms with van der Waals surface area (Å²) in [6.07, 6.45) is 2.43. The molecule has 0 unspecified atom stereocenters. The first kappa shape index (κ1) is 16.4. The number of nitrogens with zero attached hydrogens (tertiary/aromatic N) is 3. The smallest absolute Gasteiger partial charge is 0.243 e. The summed E-state index contributed by atoms with van der Waals surface area (Å²) in [4.78, 5) is 25.1. The second-order valence-corrected chi connectivity index (χ2v) is 6.92. The molecule has 3 aromatic rings. The number of rotatable bonds is 5. The lowest BCUT2D eigenvalue weighted by Gasteiger charge is -2.19. The van der Waals surface area contributed by atoms with Gasteiger partial charge in [0.25, 0.3) is 0 Å². The maximum atomic E-state index is 12.4. The molecular formula is C18H20N4OS. The summed E-state index contributed by atoms with van der Waals surface area (Å²) in [6, 6.07) is 9.94. The maximum Gasteiger partial charge on any atom is 0.243 e. The van der Waals surface area contributed by atoms with Crippen molar-refractivity contribution < 1.29 is 4.79 Å². The molecule has 3 rings (SSSR count). The van der Waals surface area contributed by atoms with Gasteiger partial charge < -0.3 is 10.2 Å². The van der Waals surface area contributed by atoms with E-state index in [4.69, 9.17) is 0 Å². The number of carbonyl (C=O) groups is 1. The molecule has 2 aromatic heterocycles. The molecule has 24 heavy (non-hydrogen) atoms. The van der Waals surface area contributed by atoms with Crippen LogP contribution in [0.4, 0.5) is 11.5 Å². The minimum Gasteiger partial charge on any atom is -0.350 e. The molecule has 124 valence electrons. The number of para-hydroxylation sites is 1. The second kappa shape index (κ2) is 6.97. The molecule has 0 saturated carbocycles. The Kier molecular flexibility index (Phi) is 4.76. The van der Waals surface area contributed by atoms with Gasteiger partial charge in [-0.25, -0.2) is 9.97 Å². The normalized spacial score (nSPS) is 10.8. The van der Waals surface area contributed by atoms with Crippen LogP contribution < -0.4 is 10.2 Å². The van der Waals surface area contributed by atoms with Gasteiger partial charge >= 0.3 is 0 Å². The van der Waals surface area contributed by atoms with Crippen LogP contribution in [0, 0.1) is 6.92 Å². The fourth-order valence-electron chi connectivity index (χ4n) is 2.70. The number of hydrogen-bond donors (Lipinski definition) is 1. The Hall–Kier alpha value is -2.47. The number of nitrogens with one attached hydrogen (secondary N) is 1. The van der Waals surface area contributed by atoms with E-state index in [2.05, 4.69) is 28.3 Å². The number of likely N-dealkylation sites (N-methyl/N-ethyl adjacent to an activating group) is 1. The average Bonchev–Trinajstić information content (AvgIpc) is 2.95. The van der Waals surface area contributed by atoms with Gasteiger partial charge in [0.15, 0.2) is 0 Å². The Morgan fingerprint density at radius 3 is 2.88 bits per heavy atom. The SMILES string of the molecule is CCc1ccccc1NC(=O)CN(C)c1ncnc2sc(C)cc12. The van der Waals surface area contributed by atoms with Crippen molar-refractivity contribution >= 4 is 39.0 Å². The molecule has 5 nitrogen and oxygen atoms in total. The Morgan fingerprint density at radius 2 is 2.08 bits per heavy atom. The Labute approximate surface area is 145 Å². The highest BCUT2D eigenvalue weighted by molar-refractivity contribution is 7.18. The van der Waals surface area contributed by atoms with Crippen LogP contribution in [0.15, 0.2) is 36.7 Å². The van der Waals surface area contributed by atoms with E-state index in [0.717, 1.165) is 33.7 Å². The second-order valence-electron chi connectivity index (χ2n) is 5.69. The molecule has 0 aliphatic heterocycles. The largest absolute Gasteiger partial charge is 0.350 e. The van der Waals surface area contributed by atoms with Gasteiger partial charge in [0.05, 0.1) is 11.9 Å². The highest BCUT2D eigenvalue weighted by Crippen LogP contribution is 2.29. The number of benzene rings is 1. The number of hydrogen-bond acceptors (Lipinski definition) is 5. The third kappa shape index (κ3) is 3.38. The lowest BCUT2D eigenvalue weighted by Crippen LogP contribution is -2.31. The monoisotopic (exact) mass is 340 g/mol. The van der Waals surface area contributed by atoms with Gasteiger partial charge in [-0.05, 0) is 31.0 Å². The molecule has 0 bridgehead atoms. The van der Waals surface area contributed by atoms with Crippen molar-refractivity contribution in [3.63, 3.8) is 0 Å². The Bertz CT molecular complexity index is 874. The number of fused-ring (bicyclic) bond motifs is 1. The third-order valence-corrected chi connectivity index (χ3v) is 4.80. The van der Waals surface area contributed by atoms with Crippen LogP contribution in [0.3, 0.4) is 0 Å². The first-order valence-corrected chi connectivity index (χ1v) is 8.70. The molecule has 6 heteroatoms. The molecule has 2 heterocycles. The van der Waals surface area contributed by atoms with Crippen molar-refractivity contribution in [3.8, 4) is 0 Å². The minimum atomic E-state index is -0.0582. The van der Waals surface area contributed by atoms with E-state index >= 15 is 0 Å². The van der Waals surface area contributed by atoms with Crippen molar-refractivity contribution in [2.45, 2.75) is 20.3 Å². The predicted octanol–water partition coefficient (Wildman–Crippen LogP) is 3.64. The van der Waals surface area contributed by atoms with Crippen molar-refractivity contribution in [2.75, 3.05) is 23.8 Å². The molecule has 0 radical (unpaired) electrons. The first-order valence-electron chi connectivity index (χ1n) is 7.88. The van der Waals surface area contributed by atoms with Gasteiger partial charge in [-0.2, -0.15) is 0 Å². The Balaban J connectivity index is 1.76. The van der Waals surface area contributed by atoms with Crippen LogP contribution >= 0.6 is 11.3 Å². The molecule has 1 aromatic carbocycles. The van der Waals surface area contributed by atoms with Gasteiger partial charge in [0, 0.05) is 17.6 Å². The molecule has 0 atom stereocenters. The summed E-state index contributed by atoms with van der Waals surface area (Å²) in [5, 5.41) is 3.98. The van der Waals surface area contributed by atoms with Crippen LogP contribution in [-0.2, 0) is 11.2 Å². The standard InChI is InChI=1S/C18H20N4OS/c1-4-13-7-5-6-8-15(13)21-16(23)10-22(3)17-14-9-12(2)24-18(14)20-11-19-17/h5-9,11H,4,10H2,1-3H3,(H,21,23). The van der Waals surface area contributed by atoms with Crippen LogP contribution in [0.5, 0.6) is 0 Å². The van der Waals surface area contributed by atoms with Gasteiger partial charge in [0.2, 0.25) is 5.91 Å². The van der Waals surface area contributed by atoms with Crippen LogP contribution in [0.2, 0.25) is 0 Å². The zero-order valence-electron chi connectivity index (χ0n) is 14.0. The summed E-state index contributed by atoms with van der Waals surface area (Å²) in [6.45, 7) is 4.36. The summed E-state index contributed by atoms with van der Waals surface area (Å²) in [5.41, 5.74) is 2.00. The number of aromatic nitrogens is 2. The number of anilines is 2. The number of carbonyl (C=O) groups excluding carboxylic acids is 1. The lowest BCUT2D eigenvalue weighted by atomic mass is 10.1. The number of amides is 1. The lowest BCUT2D eigenvalue weighted by molar-refractivity contribution is -0.114. The van der Waals surface area contributed by atoms with Crippen LogP contribution in [0.1, 0.15) is 17.4 Å². The summed E-state index contributed by atoms with van der Waals surface area (Å²) < 4.78 is 0. The van der Waals surface area contributed by atoms with Crippen LogP contribution in [-0.4, -0.2) is 29.5 Å². The molecule has 1 N–H and O–H groups in total. The summed E-state index contributed by atoms with van der Waals surface area (Å²) in [5.74, 6) is 0.723. The van der Waals surface area contributed by atoms with E-state index in [1.165, 1.54) is 4.88 Å². The first-order chi connectivity index (χ1) is 11.6. The minimum absolute atomic E-state index is 0.0582. The quantitative estimate of drug-likeness (QED) is 0.770. The molecular weight excluding hydrogens is 320 g/mol. The maximum absolute atomic E-state index is 12.4. The predicted molar refractivity (Wildman–Crippen MR) is 99.9 cm³/mol. The zero-order valence-corrected chi connectivity index (χ0v) is 14.9. The molecule has 0 saturated heterocycles. The van der Waals surface area contributed by atoms with Crippen molar-refractivity contribution in [1.82, 2.24) is 9.97 Å². The van der Waals surface area contributed by atoms with Crippen molar-refractivity contribution in [3.05, 3.63) is 47.1 Å². The van der Waals surface area contributed by atoms with Gasteiger partial charge in [-0.1, -0.05) is 25.1 Å². The third-order valence-electron chi connectivity index (χ3n) is 3.85. The van der Waals surface area contributed by atoms with E-state index in [0.29, 0.717) is 0 Å². The molecule has 1 amide bonds. The van der Waals surface area contributed by atoms with Crippen molar-refractivity contribution in [1.29, 1.82) is 0 Å². The molecule has 0 aliphatic rings. The Morgan fingerprint density at radius 1 is 1.29 bits per heavy atom. The molecule has 0 spiro atoms. The highest BCUT2D eigenvalue weighted by atomic mass is 32.1. The number of thiophene rings is 1. The van der Waals surface area contributed by atoms with E-state index < -0.39 is 0 Å². The average molecular weight is 340 g/mol. The van der Waals surface area contributed by atoms with Crippen LogP contribution in [0.25, 0.3) is 10.2 Å². The highest BCUT2D eigenvalue weighted by Gasteiger charge is 2.14. The van der Waals surface area contributed by atoms with Crippen molar-refractivity contribution in [2.24, 2.45) is 0 Å². The van der Waals surface area contributed by atoms with Gasteiger partial charge in [-0.3, -0.25) is 4.79 Å². The summed E-state index contributed by atoms with van der Waals surface area (Å²) >= 11 is 1.63. The summed E-state index contributed by atoms with van der Waals surface area (Å²) in [7, 11) is 1.88. The molecule has 0 fully saturated rings. The molecule has 0 aliphatic carbocycles. The zero-order chi connectivity index (χ0) is 17.1. The topological polar surface area (TPSA) is 58.1 Å². The van der Waals surface area contributed by atoms with E-state index in [9.17, 15) is 4.79 Å². The van der Waals surface area contributed by atoms with Gasteiger partial charge in [-0.15, -0.1) is 11.3 Å². The van der Waals surface area contributed by atoms with E-state index in [-0.39, 0.29) is 12.5 Å². The fourth-order valence-corrected chi connectivity index (χ4v) is 3.54. The fraction of sp³-hybridized carbons (Fsp3) is 0.278. The van der Waals surface area contributed by atoms with Gasteiger partial charge in [0.1, 0.15) is 17.0 Å². The number of aryl methyl sites for hydroxylation is 2.